The van der Waals surface area contributed by atoms with Crippen molar-refractivity contribution in [2.75, 3.05) is 26.7 Å². The summed E-state index contributed by atoms with van der Waals surface area (Å²) in [6.07, 6.45) is 2.81. The van der Waals surface area contributed by atoms with Gasteiger partial charge in [-0.05, 0) is 92.1 Å². The number of carbonyl (C=O) groups is 1. The Hall–Kier alpha value is -3.57. The summed E-state index contributed by atoms with van der Waals surface area (Å²) in [5.74, 6) is 4.13. The smallest absolute Gasteiger partial charge is 0.303 e. The second-order valence-corrected chi connectivity index (χ2v) is 9.74. The maximum Gasteiger partial charge on any atom is 0.303 e. The number of rotatable bonds is 9. The molecule has 0 amide bonds. The number of carboxylic acids is 1. The van der Waals surface area contributed by atoms with Crippen LogP contribution in [-0.4, -0.2) is 47.7 Å². The third-order valence-corrected chi connectivity index (χ3v) is 7.27. The number of ether oxygens (including phenoxy) is 1. The minimum Gasteiger partial charge on any atom is -0.497 e. The molecule has 1 fully saturated rings. The number of aromatic nitrogens is 1. The van der Waals surface area contributed by atoms with Crippen molar-refractivity contribution in [3.05, 3.63) is 71.4 Å². The van der Waals surface area contributed by atoms with Gasteiger partial charge in [-0.15, -0.1) is 0 Å². The van der Waals surface area contributed by atoms with E-state index >= 15 is 4.39 Å². The van der Waals surface area contributed by atoms with E-state index in [2.05, 4.69) is 21.7 Å². The highest BCUT2D eigenvalue weighted by molar-refractivity contribution is 5.83. The summed E-state index contributed by atoms with van der Waals surface area (Å²) in [6.45, 7) is 1.86. The monoisotopic (exact) mass is 524 g/mol. The van der Waals surface area contributed by atoms with E-state index in [1.807, 2.05) is 6.07 Å². The van der Waals surface area contributed by atoms with E-state index in [4.69, 9.17) is 4.74 Å². The van der Waals surface area contributed by atoms with Gasteiger partial charge in [-0.1, -0.05) is 11.8 Å². The highest BCUT2D eigenvalue weighted by atomic mass is 19.2. The molecule has 0 radical (unpaired) electrons. The average Bonchev–Trinajstić information content (AvgIpc) is 2.92. The number of fused-ring (bicyclic) bond motifs is 1. The van der Waals surface area contributed by atoms with Crippen LogP contribution in [0.1, 0.15) is 49.4 Å². The van der Waals surface area contributed by atoms with Gasteiger partial charge in [-0.2, -0.15) is 0 Å². The molecule has 1 aliphatic heterocycles. The molecule has 1 aliphatic rings. The van der Waals surface area contributed by atoms with Crippen LogP contribution in [0, 0.1) is 35.3 Å². The van der Waals surface area contributed by atoms with Crippen molar-refractivity contribution in [2.24, 2.45) is 11.8 Å². The number of likely N-dealkylation sites (tertiary alicyclic amines) is 1. The minimum atomic E-state index is -1.17. The molecule has 3 atom stereocenters. The van der Waals surface area contributed by atoms with Crippen LogP contribution in [0.25, 0.3) is 10.9 Å². The third-order valence-electron chi connectivity index (χ3n) is 7.27. The molecule has 0 bridgehead atoms. The van der Waals surface area contributed by atoms with E-state index in [0.29, 0.717) is 54.7 Å². The zero-order chi connectivity index (χ0) is 27.1. The molecule has 0 aliphatic carbocycles. The van der Waals surface area contributed by atoms with Crippen LogP contribution < -0.4 is 4.74 Å². The van der Waals surface area contributed by atoms with E-state index in [0.717, 1.165) is 30.5 Å². The number of alkyl halides is 1. The van der Waals surface area contributed by atoms with Gasteiger partial charge in [0.15, 0.2) is 11.6 Å². The summed E-state index contributed by atoms with van der Waals surface area (Å²) in [5, 5.41) is 9.98. The molecule has 5 nitrogen and oxygen atoms in total. The quantitative estimate of drug-likeness (QED) is 0.340. The molecule has 2 aromatic carbocycles. The van der Waals surface area contributed by atoms with Crippen molar-refractivity contribution in [3.63, 3.8) is 0 Å². The van der Waals surface area contributed by atoms with Crippen molar-refractivity contribution >= 4 is 16.9 Å². The summed E-state index contributed by atoms with van der Waals surface area (Å²) in [4.78, 5) is 17.7. The largest absolute Gasteiger partial charge is 0.497 e. The van der Waals surface area contributed by atoms with Gasteiger partial charge in [0, 0.05) is 30.1 Å². The Balaban J connectivity index is 1.39. The van der Waals surface area contributed by atoms with Crippen LogP contribution in [0.3, 0.4) is 0 Å². The predicted octanol–water partition coefficient (Wildman–Crippen LogP) is 6.17. The maximum atomic E-state index is 15.5. The van der Waals surface area contributed by atoms with Gasteiger partial charge in [0.2, 0.25) is 0 Å². The fourth-order valence-electron chi connectivity index (χ4n) is 5.21. The number of benzene rings is 2. The van der Waals surface area contributed by atoms with E-state index in [9.17, 15) is 18.7 Å². The molecule has 2 heterocycles. The second-order valence-electron chi connectivity index (χ2n) is 9.74. The first-order chi connectivity index (χ1) is 18.3. The third kappa shape index (κ3) is 7.05. The molecule has 0 spiro atoms. The first kappa shape index (κ1) is 27.5. The number of pyridine rings is 1. The second kappa shape index (κ2) is 12.8. The Kier molecular flexibility index (Phi) is 9.24. The highest BCUT2D eigenvalue weighted by Gasteiger charge is 2.30. The van der Waals surface area contributed by atoms with E-state index in [1.165, 1.54) is 6.07 Å². The zero-order valence-corrected chi connectivity index (χ0v) is 21.3. The number of halogens is 3. The lowest BCUT2D eigenvalue weighted by Crippen LogP contribution is -2.41. The Morgan fingerprint density at radius 2 is 2.00 bits per heavy atom. The molecular formula is C30H31F3N2O3. The average molecular weight is 525 g/mol. The van der Waals surface area contributed by atoms with Gasteiger partial charge in [-0.25, -0.2) is 13.2 Å². The van der Waals surface area contributed by atoms with E-state index in [1.54, 1.807) is 31.5 Å². The SMILES string of the molecule is COc1ccc2nccc(C(F)CC[C@@H]3CCN(CC#Cc4ccc(F)c(F)c4)C[C@@H]3CCC(=O)O)c2c1. The van der Waals surface area contributed by atoms with E-state index in [-0.39, 0.29) is 18.3 Å². The standard InChI is InChI=1S/C30H31F3N2O3/c1-38-23-7-10-29-25(18-23)24(12-14-34-29)26(31)9-5-21-13-16-35(19-22(21)6-11-30(36)37)15-2-3-20-4-8-27(32)28(33)17-20/h4,7-8,10,12,14,17-18,21-22,26H,5-6,9,11,13,15-16,19H2,1H3,(H,36,37)/t21-,22+,26?/m1/s1. The lowest BCUT2D eigenvalue weighted by molar-refractivity contribution is -0.137. The van der Waals surface area contributed by atoms with Gasteiger partial charge in [-0.3, -0.25) is 14.7 Å². The topological polar surface area (TPSA) is 62.7 Å². The van der Waals surface area contributed by atoms with Gasteiger partial charge in [0.05, 0.1) is 19.2 Å². The minimum absolute atomic E-state index is 0.0589. The number of hydrogen-bond donors (Lipinski definition) is 1. The highest BCUT2D eigenvalue weighted by Crippen LogP contribution is 2.36. The molecule has 0 saturated carbocycles. The number of aliphatic carboxylic acids is 1. The number of carboxylic acid groups (broad SMARTS) is 1. The molecule has 1 unspecified atom stereocenters. The van der Waals surface area contributed by atoms with Crippen LogP contribution in [0.2, 0.25) is 0 Å². The summed E-state index contributed by atoms with van der Waals surface area (Å²) < 4.78 is 47.4. The number of piperidine rings is 1. The molecule has 38 heavy (non-hydrogen) atoms. The Morgan fingerprint density at radius 3 is 2.76 bits per heavy atom. The van der Waals surface area contributed by atoms with Crippen molar-refractivity contribution in [3.8, 4) is 17.6 Å². The predicted molar refractivity (Wildman–Crippen MR) is 140 cm³/mol. The first-order valence-corrected chi connectivity index (χ1v) is 12.8. The molecule has 4 rings (SSSR count). The van der Waals surface area contributed by atoms with Crippen LogP contribution in [-0.2, 0) is 4.79 Å². The Morgan fingerprint density at radius 1 is 1.16 bits per heavy atom. The zero-order valence-electron chi connectivity index (χ0n) is 21.3. The molecular weight excluding hydrogens is 493 g/mol. The summed E-state index contributed by atoms with van der Waals surface area (Å²) in [6, 6.07) is 10.7. The maximum absolute atomic E-state index is 15.5. The molecule has 1 aromatic heterocycles. The van der Waals surface area contributed by atoms with Crippen LogP contribution in [0.15, 0.2) is 48.7 Å². The number of methoxy groups -OCH3 is 1. The summed E-state index contributed by atoms with van der Waals surface area (Å²) in [5.41, 5.74) is 1.69. The Labute approximate surface area is 220 Å². The molecule has 1 saturated heterocycles. The number of nitrogens with zero attached hydrogens (tertiary/aromatic N) is 2. The lowest BCUT2D eigenvalue weighted by atomic mass is 9.79. The van der Waals surface area contributed by atoms with Gasteiger partial charge < -0.3 is 9.84 Å². The molecule has 3 aromatic rings. The van der Waals surface area contributed by atoms with E-state index < -0.39 is 23.8 Å². The van der Waals surface area contributed by atoms with Crippen LogP contribution in [0.5, 0.6) is 5.75 Å². The molecule has 200 valence electrons. The van der Waals surface area contributed by atoms with Crippen LogP contribution >= 0.6 is 0 Å². The number of hydrogen-bond acceptors (Lipinski definition) is 4. The lowest BCUT2D eigenvalue weighted by Gasteiger charge is -2.38. The van der Waals surface area contributed by atoms with Gasteiger partial charge in [0.1, 0.15) is 11.9 Å². The van der Waals surface area contributed by atoms with Crippen molar-refractivity contribution < 1.29 is 27.8 Å². The van der Waals surface area contributed by atoms with Crippen molar-refractivity contribution in [1.82, 2.24) is 9.88 Å². The summed E-state index contributed by atoms with van der Waals surface area (Å²) in [7, 11) is 1.57. The normalized spacial score (nSPS) is 18.5. The van der Waals surface area contributed by atoms with Crippen molar-refractivity contribution in [2.45, 2.75) is 38.3 Å². The fraction of sp³-hybridized carbons (Fsp3) is 0.400. The first-order valence-electron chi connectivity index (χ1n) is 12.8. The fourth-order valence-corrected chi connectivity index (χ4v) is 5.21. The van der Waals surface area contributed by atoms with Crippen LogP contribution in [0.4, 0.5) is 13.2 Å². The van der Waals surface area contributed by atoms with Gasteiger partial charge in [0.25, 0.3) is 0 Å². The molecule has 8 heteroatoms. The van der Waals surface area contributed by atoms with Crippen molar-refractivity contribution in [1.29, 1.82) is 0 Å². The molecule has 1 N–H and O–H groups in total. The Bertz CT molecular complexity index is 1340. The summed E-state index contributed by atoms with van der Waals surface area (Å²) >= 11 is 0. The van der Waals surface area contributed by atoms with Gasteiger partial charge >= 0.3 is 5.97 Å².